The largest absolute Gasteiger partial charge is 0.497 e. The fourth-order valence-corrected chi connectivity index (χ4v) is 3.37. The number of allylic oxidation sites excluding steroid dienone is 1. The normalized spacial score (nSPS) is 15.6. The number of carbonyl (C=O) groups excluding carboxylic acids is 2. The molecule has 31 heavy (non-hydrogen) atoms. The molecule has 0 bridgehead atoms. The van der Waals surface area contributed by atoms with Gasteiger partial charge in [0.15, 0.2) is 0 Å². The Morgan fingerprint density at radius 1 is 1.19 bits per heavy atom. The van der Waals surface area contributed by atoms with Crippen molar-refractivity contribution in [2.75, 3.05) is 19.5 Å². The molecule has 0 radical (unpaired) electrons. The van der Waals surface area contributed by atoms with Crippen LogP contribution < -0.4 is 25.4 Å². The van der Waals surface area contributed by atoms with Gasteiger partial charge >= 0.3 is 6.03 Å². The highest BCUT2D eigenvalue weighted by Crippen LogP contribution is 2.34. The summed E-state index contributed by atoms with van der Waals surface area (Å²) in [6.07, 6.45) is 0. The summed E-state index contributed by atoms with van der Waals surface area (Å²) in [5, 5.41) is 19.1. The van der Waals surface area contributed by atoms with E-state index in [-0.39, 0.29) is 16.3 Å². The van der Waals surface area contributed by atoms with Gasteiger partial charge in [0.25, 0.3) is 11.6 Å². The zero-order chi connectivity index (χ0) is 22.7. The Bertz CT molecular complexity index is 1100. The van der Waals surface area contributed by atoms with Gasteiger partial charge in [-0.1, -0.05) is 17.7 Å². The van der Waals surface area contributed by atoms with E-state index >= 15 is 0 Å². The number of anilines is 1. The standard InChI is InChI=1S/C20H19ClN4O6/c1-10-17(19(26)23-14-7-5-12(30-2)9-16(14)31-3)18(24-20(27)22-10)11-4-6-13(21)15(8-11)25(28)29/h4-9,18H,1-3H3,(H,23,26)(H2,22,24,27)/t18-/m1/s1. The van der Waals surface area contributed by atoms with Crippen LogP contribution in [0.5, 0.6) is 11.5 Å². The number of nitrogens with one attached hydrogen (secondary N) is 3. The fourth-order valence-electron chi connectivity index (χ4n) is 3.19. The molecule has 1 aliphatic heterocycles. The number of benzene rings is 2. The van der Waals surface area contributed by atoms with Crippen molar-refractivity contribution >= 4 is 34.9 Å². The average Bonchev–Trinajstić information content (AvgIpc) is 2.73. The number of urea groups is 1. The second kappa shape index (κ2) is 8.92. The molecule has 162 valence electrons. The summed E-state index contributed by atoms with van der Waals surface area (Å²) < 4.78 is 10.5. The average molecular weight is 447 g/mol. The van der Waals surface area contributed by atoms with E-state index < -0.39 is 22.9 Å². The van der Waals surface area contributed by atoms with Crippen molar-refractivity contribution < 1.29 is 24.0 Å². The molecule has 1 heterocycles. The highest BCUT2D eigenvalue weighted by molar-refractivity contribution is 6.32. The summed E-state index contributed by atoms with van der Waals surface area (Å²) >= 11 is 5.90. The van der Waals surface area contributed by atoms with Crippen molar-refractivity contribution in [3.8, 4) is 11.5 Å². The van der Waals surface area contributed by atoms with Gasteiger partial charge in [-0.25, -0.2) is 4.79 Å². The van der Waals surface area contributed by atoms with Crippen LogP contribution >= 0.6 is 11.6 Å². The summed E-state index contributed by atoms with van der Waals surface area (Å²) in [5.74, 6) is 0.386. The van der Waals surface area contributed by atoms with Crippen LogP contribution in [0.15, 0.2) is 47.7 Å². The van der Waals surface area contributed by atoms with Crippen LogP contribution in [0.3, 0.4) is 0 Å². The van der Waals surface area contributed by atoms with Crippen LogP contribution in [0.2, 0.25) is 5.02 Å². The minimum atomic E-state index is -0.936. The molecule has 2 aromatic carbocycles. The lowest BCUT2D eigenvalue weighted by molar-refractivity contribution is -0.384. The van der Waals surface area contributed by atoms with E-state index in [1.54, 1.807) is 25.1 Å². The predicted octanol–water partition coefficient (Wildman–Crippen LogP) is 3.53. The first-order valence-corrected chi connectivity index (χ1v) is 9.38. The van der Waals surface area contributed by atoms with Gasteiger partial charge in [0.1, 0.15) is 16.5 Å². The number of amides is 3. The first kappa shape index (κ1) is 21.9. The molecule has 11 heteroatoms. The fraction of sp³-hybridized carbons (Fsp3) is 0.200. The van der Waals surface area contributed by atoms with Gasteiger partial charge in [0, 0.05) is 17.8 Å². The van der Waals surface area contributed by atoms with Crippen LogP contribution in [0.1, 0.15) is 18.5 Å². The second-order valence-electron chi connectivity index (χ2n) is 6.56. The molecule has 3 amide bonds. The van der Waals surface area contributed by atoms with Crippen molar-refractivity contribution in [3.63, 3.8) is 0 Å². The molecule has 2 aromatic rings. The maximum atomic E-state index is 13.2. The van der Waals surface area contributed by atoms with Crippen LogP contribution in [0.4, 0.5) is 16.2 Å². The number of methoxy groups -OCH3 is 2. The number of hydrogen-bond donors (Lipinski definition) is 3. The third-order valence-corrected chi connectivity index (χ3v) is 4.99. The lowest BCUT2D eigenvalue weighted by Crippen LogP contribution is -2.46. The third kappa shape index (κ3) is 4.53. The summed E-state index contributed by atoms with van der Waals surface area (Å²) in [6.45, 7) is 1.57. The van der Waals surface area contributed by atoms with Crippen LogP contribution in [-0.2, 0) is 4.79 Å². The maximum absolute atomic E-state index is 13.2. The van der Waals surface area contributed by atoms with Crippen molar-refractivity contribution in [3.05, 3.63) is 68.4 Å². The molecular weight excluding hydrogens is 428 g/mol. The van der Waals surface area contributed by atoms with Gasteiger partial charge in [0.05, 0.1) is 36.4 Å². The highest BCUT2D eigenvalue weighted by Gasteiger charge is 2.32. The van der Waals surface area contributed by atoms with Crippen LogP contribution in [0.25, 0.3) is 0 Å². The van der Waals surface area contributed by atoms with Gasteiger partial charge in [-0.3, -0.25) is 14.9 Å². The predicted molar refractivity (Wildman–Crippen MR) is 113 cm³/mol. The molecule has 3 N–H and O–H groups in total. The van der Waals surface area contributed by atoms with Crippen molar-refractivity contribution in [1.29, 1.82) is 0 Å². The van der Waals surface area contributed by atoms with E-state index in [9.17, 15) is 19.7 Å². The monoisotopic (exact) mass is 446 g/mol. The maximum Gasteiger partial charge on any atom is 0.319 e. The number of ether oxygens (including phenoxy) is 2. The van der Waals surface area contributed by atoms with E-state index in [1.807, 2.05) is 0 Å². The number of hydrogen-bond acceptors (Lipinski definition) is 6. The molecule has 0 spiro atoms. The van der Waals surface area contributed by atoms with Gasteiger partial charge < -0.3 is 25.4 Å². The lowest BCUT2D eigenvalue weighted by Gasteiger charge is -2.28. The number of carbonyl (C=O) groups is 2. The van der Waals surface area contributed by atoms with E-state index in [2.05, 4.69) is 16.0 Å². The van der Waals surface area contributed by atoms with Crippen LogP contribution in [-0.4, -0.2) is 31.1 Å². The van der Waals surface area contributed by atoms with E-state index in [0.29, 0.717) is 28.4 Å². The molecule has 0 aliphatic carbocycles. The molecule has 0 fully saturated rings. The summed E-state index contributed by atoms with van der Waals surface area (Å²) in [5.41, 5.74) is 0.857. The molecule has 0 aromatic heterocycles. The number of nitro groups is 1. The first-order valence-electron chi connectivity index (χ1n) is 9.00. The highest BCUT2D eigenvalue weighted by atomic mass is 35.5. The minimum absolute atomic E-state index is 0.0521. The zero-order valence-electron chi connectivity index (χ0n) is 16.8. The summed E-state index contributed by atoms with van der Waals surface area (Å²) in [6, 6.07) is 7.49. The molecule has 3 rings (SSSR count). The number of nitrogens with zero attached hydrogens (tertiary/aromatic N) is 1. The Morgan fingerprint density at radius 3 is 2.58 bits per heavy atom. The molecule has 1 atom stereocenters. The molecule has 10 nitrogen and oxygen atoms in total. The number of rotatable bonds is 6. The molecule has 0 saturated carbocycles. The second-order valence-corrected chi connectivity index (χ2v) is 6.97. The van der Waals surface area contributed by atoms with Gasteiger partial charge in [0.2, 0.25) is 0 Å². The van der Waals surface area contributed by atoms with Crippen molar-refractivity contribution in [2.24, 2.45) is 0 Å². The molecular formula is C20H19ClN4O6. The Hall–Kier alpha value is -3.79. The van der Waals surface area contributed by atoms with Crippen molar-refractivity contribution in [1.82, 2.24) is 10.6 Å². The quantitative estimate of drug-likeness (QED) is 0.459. The van der Waals surface area contributed by atoms with E-state index in [0.717, 1.165) is 0 Å². The first-order chi connectivity index (χ1) is 14.7. The van der Waals surface area contributed by atoms with E-state index in [4.69, 9.17) is 21.1 Å². The number of halogens is 1. The Balaban J connectivity index is 2.00. The van der Waals surface area contributed by atoms with Crippen molar-refractivity contribution in [2.45, 2.75) is 13.0 Å². The van der Waals surface area contributed by atoms with E-state index in [1.165, 1.54) is 32.4 Å². The lowest BCUT2D eigenvalue weighted by atomic mass is 9.94. The third-order valence-electron chi connectivity index (χ3n) is 4.67. The Kier molecular flexibility index (Phi) is 6.30. The van der Waals surface area contributed by atoms with Gasteiger partial charge in [-0.05, 0) is 30.7 Å². The van der Waals surface area contributed by atoms with Gasteiger partial charge in [-0.15, -0.1) is 0 Å². The van der Waals surface area contributed by atoms with Gasteiger partial charge in [-0.2, -0.15) is 0 Å². The SMILES string of the molecule is COc1ccc(NC(=O)C2=C(C)NC(=O)N[C@@H]2c2ccc(Cl)c([N+](=O)[O-])c2)c(OC)c1. The minimum Gasteiger partial charge on any atom is -0.497 e. The molecule has 0 saturated heterocycles. The molecule has 1 aliphatic rings. The smallest absolute Gasteiger partial charge is 0.319 e. The summed E-state index contributed by atoms with van der Waals surface area (Å²) in [7, 11) is 2.96. The number of nitro benzene ring substituents is 1. The Labute approximate surface area is 182 Å². The Morgan fingerprint density at radius 2 is 1.94 bits per heavy atom. The van der Waals surface area contributed by atoms with Crippen LogP contribution in [0, 0.1) is 10.1 Å². The zero-order valence-corrected chi connectivity index (χ0v) is 17.6. The summed E-state index contributed by atoms with van der Waals surface area (Å²) in [4.78, 5) is 35.9. The topological polar surface area (TPSA) is 132 Å². The molecule has 0 unspecified atom stereocenters.